The monoisotopic (exact) mass is 263 g/mol. The number of nitrogens with one attached hydrogen (secondary N) is 3. The number of ether oxygens (including phenoxy) is 1. The van der Waals surface area contributed by atoms with Crippen LogP contribution in [0.15, 0.2) is 0 Å². The van der Waals surface area contributed by atoms with Gasteiger partial charge in [-0.05, 0) is 0 Å². The molecule has 0 rings (SSSR count). The molecule has 0 aliphatic heterocycles. The molecule has 104 valence electrons. The number of aliphatic hydroxyl groups excluding tert-OH is 1. The third kappa shape index (κ3) is 7.41. The summed E-state index contributed by atoms with van der Waals surface area (Å²) in [6, 6.07) is -2.25. The van der Waals surface area contributed by atoms with E-state index in [1.807, 2.05) is 5.32 Å². The van der Waals surface area contributed by atoms with E-state index in [-0.39, 0.29) is 6.54 Å². The first-order valence-corrected chi connectivity index (χ1v) is 5.15. The summed E-state index contributed by atoms with van der Waals surface area (Å²) < 4.78 is 4.70. The Balaban J connectivity index is 3.82. The van der Waals surface area contributed by atoms with E-state index < -0.39 is 30.6 Å². The van der Waals surface area contributed by atoms with Gasteiger partial charge in [0.1, 0.15) is 0 Å². The molecule has 0 spiro atoms. The predicted octanol–water partition coefficient (Wildman–Crippen LogP) is -2.51. The van der Waals surface area contributed by atoms with Crippen molar-refractivity contribution in [2.24, 2.45) is 0 Å². The third-order valence-corrected chi connectivity index (χ3v) is 1.82. The fraction of sp³-hybridized carbons (Fsp3) is 0.667. The van der Waals surface area contributed by atoms with E-state index in [0.29, 0.717) is 13.2 Å². The van der Waals surface area contributed by atoms with Gasteiger partial charge in [0.15, 0.2) is 6.04 Å². The minimum absolute atomic E-state index is 0.298. The van der Waals surface area contributed by atoms with Gasteiger partial charge in [0.2, 0.25) is 5.91 Å². The normalized spacial score (nSPS) is 11.4. The third-order valence-electron chi connectivity index (χ3n) is 1.82. The van der Waals surface area contributed by atoms with Crippen LogP contribution in [-0.2, 0) is 14.3 Å². The van der Waals surface area contributed by atoms with Crippen LogP contribution >= 0.6 is 0 Å². The van der Waals surface area contributed by atoms with E-state index in [1.54, 1.807) is 0 Å². The van der Waals surface area contributed by atoms with Crippen LogP contribution < -0.4 is 16.0 Å². The van der Waals surface area contributed by atoms with Crippen molar-refractivity contribution in [3.05, 3.63) is 0 Å². The van der Waals surface area contributed by atoms with Crippen molar-refractivity contribution in [3.63, 3.8) is 0 Å². The first-order valence-electron chi connectivity index (χ1n) is 5.15. The molecule has 0 aliphatic rings. The van der Waals surface area contributed by atoms with Crippen molar-refractivity contribution in [2.75, 3.05) is 33.4 Å². The zero-order valence-corrected chi connectivity index (χ0v) is 9.93. The summed E-state index contributed by atoms with van der Waals surface area (Å²) in [6.45, 7) is -0.368. The lowest BCUT2D eigenvalue weighted by atomic mass is 10.3. The number of hydrogen-bond acceptors (Lipinski definition) is 5. The average Bonchev–Trinajstić information content (AvgIpc) is 2.33. The van der Waals surface area contributed by atoms with E-state index >= 15 is 0 Å². The van der Waals surface area contributed by atoms with Gasteiger partial charge >= 0.3 is 12.0 Å². The minimum atomic E-state index is -1.40. The van der Waals surface area contributed by atoms with Crippen molar-refractivity contribution in [3.8, 4) is 0 Å². The molecule has 0 bridgehead atoms. The molecule has 0 saturated carbocycles. The van der Waals surface area contributed by atoms with E-state index in [4.69, 9.17) is 14.9 Å². The molecular formula is C9H17N3O6. The Bertz CT molecular complexity index is 296. The first kappa shape index (κ1) is 16.1. The van der Waals surface area contributed by atoms with Crippen molar-refractivity contribution in [1.82, 2.24) is 16.0 Å². The Kier molecular flexibility index (Phi) is 8.24. The molecule has 0 aliphatic carbocycles. The highest BCUT2D eigenvalue weighted by atomic mass is 16.5. The van der Waals surface area contributed by atoms with Crippen LogP contribution in [0.25, 0.3) is 0 Å². The molecule has 1 atom stereocenters. The van der Waals surface area contributed by atoms with Gasteiger partial charge in [-0.15, -0.1) is 0 Å². The molecule has 18 heavy (non-hydrogen) atoms. The Labute approximate surface area is 103 Å². The molecule has 0 saturated heterocycles. The van der Waals surface area contributed by atoms with E-state index in [9.17, 15) is 14.4 Å². The Hall–Kier alpha value is -1.87. The summed E-state index contributed by atoms with van der Waals surface area (Å²) in [5.74, 6) is -1.80. The standard InChI is InChI=1S/C9H17N3O6/c1-18-3-2-10-7(14)4-11-9(17)12-6(5-13)8(15)16/h6,13H,2-5H2,1H3,(H,10,14)(H,15,16)(H2,11,12,17)/t6-/m0/s1. The molecule has 0 aromatic carbocycles. The van der Waals surface area contributed by atoms with Crippen LogP contribution in [0.1, 0.15) is 0 Å². The van der Waals surface area contributed by atoms with Crippen molar-refractivity contribution < 1.29 is 29.3 Å². The number of carboxylic acid groups (broad SMARTS) is 1. The molecule has 9 heteroatoms. The van der Waals surface area contributed by atoms with Crippen molar-refractivity contribution >= 4 is 17.9 Å². The van der Waals surface area contributed by atoms with Crippen LogP contribution in [0.2, 0.25) is 0 Å². The molecule has 0 aromatic heterocycles. The van der Waals surface area contributed by atoms with Gasteiger partial charge in [-0.2, -0.15) is 0 Å². The van der Waals surface area contributed by atoms with Gasteiger partial charge < -0.3 is 30.9 Å². The van der Waals surface area contributed by atoms with Gasteiger partial charge in [0, 0.05) is 13.7 Å². The molecule has 0 heterocycles. The zero-order chi connectivity index (χ0) is 14.0. The highest BCUT2D eigenvalue weighted by molar-refractivity contribution is 5.86. The lowest BCUT2D eigenvalue weighted by molar-refractivity contribution is -0.140. The smallest absolute Gasteiger partial charge is 0.328 e. The second-order valence-electron chi connectivity index (χ2n) is 3.24. The Morgan fingerprint density at radius 3 is 2.44 bits per heavy atom. The van der Waals surface area contributed by atoms with Gasteiger partial charge in [-0.3, -0.25) is 4.79 Å². The number of aliphatic hydroxyl groups is 1. The maximum absolute atomic E-state index is 11.1. The topological polar surface area (TPSA) is 137 Å². The molecule has 0 fully saturated rings. The summed E-state index contributed by atoms with van der Waals surface area (Å²) in [6.07, 6.45) is 0. The molecule has 0 aromatic rings. The Morgan fingerprint density at radius 1 is 1.28 bits per heavy atom. The van der Waals surface area contributed by atoms with Crippen LogP contribution in [0.3, 0.4) is 0 Å². The second kappa shape index (κ2) is 9.19. The summed E-state index contributed by atoms with van der Waals surface area (Å²) in [5, 5.41) is 23.8. The van der Waals surface area contributed by atoms with E-state index in [1.165, 1.54) is 7.11 Å². The largest absolute Gasteiger partial charge is 0.480 e. The number of carbonyl (C=O) groups is 3. The molecule has 5 N–H and O–H groups in total. The highest BCUT2D eigenvalue weighted by Crippen LogP contribution is 1.81. The number of amides is 3. The van der Waals surface area contributed by atoms with E-state index in [0.717, 1.165) is 0 Å². The summed E-state index contributed by atoms with van der Waals surface area (Å²) >= 11 is 0. The van der Waals surface area contributed by atoms with Crippen molar-refractivity contribution in [1.29, 1.82) is 0 Å². The van der Waals surface area contributed by atoms with Crippen LogP contribution in [0.5, 0.6) is 0 Å². The molecular weight excluding hydrogens is 246 g/mol. The number of methoxy groups -OCH3 is 1. The molecule has 3 amide bonds. The van der Waals surface area contributed by atoms with Gasteiger partial charge in [-0.1, -0.05) is 0 Å². The summed E-state index contributed by atoms with van der Waals surface area (Å²) in [5.41, 5.74) is 0. The Morgan fingerprint density at radius 2 is 1.94 bits per heavy atom. The van der Waals surface area contributed by atoms with Crippen LogP contribution in [0, 0.1) is 0 Å². The maximum Gasteiger partial charge on any atom is 0.328 e. The molecule has 0 radical (unpaired) electrons. The van der Waals surface area contributed by atoms with E-state index in [2.05, 4.69) is 10.6 Å². The predicted molar refractivity (Wildman–Crippen MR) is 59.9 cm³/mol. The zero-order valence-electron chi connectivity index (χ0n) is 9.93. The quantitative estimate of drug-likeness (QED) is 0.307. The maximum atomic E-state index is 11.1. The highest BCUT2D eigenvalue weighted by Gasteiger charge is 2.18. The molecule has 9 nitrogen and oxygen atoms in total. The SMILES string of the molecule is COCCNC(=O)CNC(=O)N[C@@H](CO)C(=O)O. The minimum Gasteiger partial charge on any atom is -0.480 e. The van der Waals surface area contributed by atoms with Gasteiger partial charge in [-0.25, -0.2) is 9.59 Å². The second-order valence-corrected chi connectivity index (χ2v) is 3.24. The lowest BCUT2D eigenvalue weighted by Crippen LogP contribution is -2.50. The van der Waals surface area contributed by atoms with Gasteiger partial charge in [0.25, 0.3) is 0 Å². The fourth-order valence-electron chi connectivity index (χ4n) is 0.910. The number of urea groups is 1. The summed E-state index contributed by atoms with van der Waals surface area (Å²) in [7, 11) is 1.48. The number of carbonyl (C=O) groups excluding carboxylic acids is 2. The van der Waals surface area contributed by atoms with Gasteiger partial charge in [0.05, 0.1) is 19.8 Å². The first-order chi connectivity index (χ1) is 8.51. The fourth-order valence-corrected chi connectivity index (χ4v) is 0.910. The number of carboxylic acids is 1. The number of hydrogen-bond donors (Lipinski definition) is 5. The van der Waals surface area contributed by atoms with Crippen molar-refractivity contribution in [2.45, 2.75) is 6.04 Å². The van der Waals surface area contributed by atoms with Crippen LogP contribution in [0.4, 0.5) is 4.79 Å². The average molecular weight is 263 g/mol. The molecule has 0 unspecified atom stereocenters. The number of rotatable bonds is 8. The number of aliphatic carboxylic acids is 1. The summed E-state index contributed by atoms with van der Waals surface area (Å²) in [4.78, 5) is 32.8. The lowest BCUT2D eigenvalue weighted by Gasteiger charge is -2.12. The van der Waals surface area contributed by atoms with Crippen LogP contribution in [-0.4, -0.2) is 67.6 Å².